The largest absolute Gasteiger partial charge is 0.338 e. The average molecular weight is 323 g/mol. The predicted molar refractivity (Wildman–Crippen MR) is 76.2 cm³/mol. The molecule has 0 radical (unpaired) electrons. The number of hydrogen-bond donors (Lipinski definition) is 2. The number of amides is 2. The van der Waals surface area contributed by atoms with Gasteiger partial charge in [-0.05, 0) is 18.6 Å². The molecule has 0 bridgehead atoms. The molecule has 0 heterocycles. The van der Waals surface area contributed by atoms with Gasteiger partial charge in [0, 0.05) is 29.9 Å². The number of rotatable bonds is 6. The lowest BCUT2D eigenvalue weighted by Gasteiger charge is -2.08. The van der Waals surface area contributed by atoms with Crippen molar-refractivity contribution in [3.05, 3.63) is 34.6 Å². The number of carbonyl (C=O) groups excluding carboxylic acids is 1. The zero-order valence-corrected chi connectivity index (χ0v) is 12.5. The molecule has 5 nitrogen and oxygen atoms in total. The molecular formula is C12H16ClFN2O3S. The Balaban J connectivity index is 2.32. The lowest BCUT2D eigenvalue weighted by Crippen LogP contribution is -2.38. The molecule has 0 aliphatic heterocycles. The van der Waals surface area contributed by atoms with E-state index < -0.39 is 21.7 Å². The highest BCUT2D eigenvalue weighted by Crippen LogP contribution is 2.18. The maximum atomic E-state index is 13.4. The number of benzene rings is 1. The summed E-state index contributed by atoms with van der Waals surface area (Å²) in [5.74, 6) is -0.545. The van der Waals surface area contributed by atoms with E-state index in [9.17, 15) is 17.6 Å². The molecule has 0 atom stereocenters. The van der Waals surface area contributed by atoms with E-state index in [1.54, 1.807) is 6.07 Å². The van der Waals surface area contributed by atoms with Crippen LogP contribution in [0.4, 0.5) is 9.18 Å². The van der Waals surface area contributed by atoms with Crippen LogP contribution in [0.1, 0.15) is 5.56 Å². The van der Waals surface area contributed by atoms with Crippen LogP contribution in [0.5, 0.6) is 0 Å². The molecular weight excluding hydrogens is 307 g/mol. The van der Waals surface area contributed by atoms with Crippen LogP contribution in [-0.4, -0.2) is 39.5 Å². The fraction of sp³-hybridized carbons (Fsp3) is 0.417. The fourth-order valence-electron chi connectivity index (χ4n) is 1.48. The van der Waals surface area contributed by atoms with E-state index in [0.717, 1.165) is 6.26 Å². The number of carbonyl (C=O) groups is 1. The predicted octanol–water partition coefficient (Wildman–Crippen LogP) is 1.37. The molecule has 8 heteroatoms. The Hall–Kier alpha value is -1.34. The third-order valence-corrected chi connectivity index (χ3v) is 3.78. The van der Waals surface area contributed by atoms with Crippen LogP contribution < -0.4 is 10.6 Å². The first-order valence-electron chi connectivity index (χ1n) is 5.92. The Labute approximate surface area is 122 Å². The highest BCUT2D eigenvalue weighted by atomic mass is 35.5. The van der Waals surface area contributed by atoms with E-state index in [0.29, 0.717) is 10.6 Å². The third-order valence-electron chi connectivity index (χ3n) is 2.48. The van der Waals surface area contributed by atoms with Crippen molar-refractivity contribution in [2.75, 3.05) is 25.1 Å². The molecule has 0 spiro atoms. The van der Waals surface area contributed by atoms with E-state index >= 15 is 0 Å². The zero-order valence-electron chi connectivity index (χ0n) is 10.9. The van der Waals surface area contributed by atoms with Gasteiger partial charge < -0.3 is 10.6 Å². The van der Waals surface area contributed by atoms with Gasteiger partial charge >= 0.3 is 6.03 Å². The second kappa shape index (κ2) is 7.44. The summed E-state index contributed by atoms with van der Waals surface area (Å²) >= 11 is 5.84. The lowest BCUT2D eigenvalue weighted by molar-refractivity contribution is 0.241. The van der Waals surface area contributed by atoms with Gasteiger partial charge in [0.15, 0.2) is 0 Å². The summed E-state index contributed by atoms with van der Waals surface area (Å²) < 4.78 is 35.1. The van der Waals surface area contributed by atoms with Crippen molar-refractivity contribution in [3.8, 4) is 0 Å². The van der Waals surface area contributed by atoms with E-state index in [-0.39, 0.29) is 25.3 Å². The molecule has 1 aromatic carbocycles. The molecule has 0 unspecified atom stereocenters. The second-order valence-corrected chi connectivity index (χ2v) is 6.93. The highest BCUT2D eigenvalue weighted by molar-refractivity contribution is 7.90. The van der Waals surface area contributed by atoms with Gasteiger partial charge in [-0.2, -0.15) is 0 Å². The summed E-state index contributed by atoms with van der Waals surface area (Å²) in [6.07, 6.45) is 1.35. The molecule has 2 amide bonds. The molecule has 2 N–H and O–H groups in total. The first-order valence-corrected chi connectivity index (χ1v) is 8.36. The van der Waals surface area contributed by atoms with E-state index in [2.05, 4.69) is 10.6 Å². The average Bonchev–Trinajstić information content (AvgIpc) is 2.31. The minimum atomic E-state index is -3.10. The lowest BCUT2D eigenvalue weighted by atomic mass is 10.1. The Morgan fingerprint density at radius 1 is 1.30 bits per heavy atom. The van der Waals surface area contributed by atoms with Crippen molar-refractivity contribution in [2.45, 2.75) is 6.42 Å². The Bertz CT molecular complexity index is 558. The Morgan fingerprint density at radius 2 is 1.95 bits per heavy atom. The quantitative estimate of drug-likeness (QED) is 0.830. The molecule has 0 fully saturated rings. The first-order chi connectivity index (χ1) is 9.29. The highest BCUT2D eigenvalue weighted by Gasteiger charge is 2.08. The van der Waals surface area contributed by atoms with Crippen molar-refractivity contribution in [1.82, 2.24) is 10.6 Å². The third kappa shape index (κ3) is 6.21. The number of sulfone groups is 1. The van der Waals surface area contributed by atoms with Gasteiger partial charge in [-0.15, -0.1) is 0 Å². The van der Waals surface area contributed by atoms with Crippen LogP contribution in [0.15, 0.2) is 18.2 Å². The Kier molecular flexibility index (Phi) is 6.22. The smallest absolute Gasteiger partial charge is 0.314 e. The molecule has 0 aliphatic carbocycles. The number of halogens is 2. The number of hydrogen-bond acceptors (Lipinski definition) is 3. The normalized spacial score (nSPS) is 11.2. The number of urea groups is 1. The summed E-state index contributed by atoms with van der Waals surface area (Å²) in [5.41, 5.74) is 0.339. The van der Waals surface area contributed by atoms with Crippen LogP contribution >= 0.6 is 11.6 Å². The molecule has 0 saturated carbocycles. The van der Waals surface area contributed by atoms with Crippen molar-refractivity contribution in [1.29, 1.82) is 0 Å². The summed E-state index contributed by atoms with van der Waals surface area (Å²) in [5, 5.41) is 5.21. The zero-order chi connectivity index (χ0) is 15.2. The molecule has 0 saturated heterocycles. The van der Waals surface area contributed by atoms with Crippen LogP contribution in [-0.2, 0) is 16.3 Å². The first kappa shape index (κ1) is 16.7. The van der Waals surface area contributed by atoms with Gasteiger partial charge in [0.2, 0.25) is 0 Å². The van der Waals surface area contributed by atoms with Crippen LogP contribution in [0.2, 0.25) is 5.02 Å². The Morgan fingerprint density at radius 3 is 2.55 bits per heavy atom. The number of nitrogens with one attached hydrogen (secondary N) is 2. The van der Waals surface area contributed by atoms with Crippen molar-refractivity contribution >= 4 is 27.5 Å². The monoisotopic (exact) mass is 322 g/mol. The summed E-state index contributed by atoms with van der Waals surface area (Å²) in [6, 6.07) is 3.88. The molecule has 112 valence electrons. The van der Waals surface area contributed by atoms with Crippen molar-refractivity contribution in [2.24, 2.45) is 0 Å². The summed E-state index contributed by atoms with van der Waals surface area (Å²) in [6.45, 7) is 0.233. The minimum Gasteiger partial charge on any atom is -0.338 e. The van der Waals surface area contributed by atoms with Crippen LogP contribution in [0.25, 0.3) is 0 Å². The van der Waals surface area contributed by atoms with Crippen molar-refractivity contribution < 1.29 is 17.6 Å². The van der Waals surface area contributed by atoms with Gasteiger partial charge in [-0.3, -0.25) is 0 Å². The second-order valence-electron chi connectivity index (χ2n) is 4.26. The molecule has 0 aromatic heterocycles. The van der Waals surface area contributed by atoms with E-state index in [1.165, 1.54) is 12.1 Å². The van der Waals surface area contributed by atoms with Gasteiger partial charge in [0.05, 0.1) is 5.75 Å². The topological polar surface area (TPSA) is 75.3 Å². The van der Waals surface area contributed by atoms with Gasteiger partial charge in [0.1, 0.15) is 15.7 Å². The SMILES string of the molecule is CS(=O)(=O)CCNC(=O)NCCc1c(F)cccc1Cl. The van der Waals surface area contributed by atoms with Gasteiger partial charge in [-0.25, -0.2) is 17.6 Å². The molecule has 1 rings (SSSR count). The maximum absolute atomic E-state index is 13.4. The molecule has 1 aromatic rings. The van der Waals surface area contributed by atoms with Crippen LogP contribution in [0, 0.1) is 5.82 Å². The van der Waals surface area contributed by atoms with Gasteiger partial charge in [-0.1, -0.05) is 17.7 Å². The van der Waals surface area contributed by atoms with Gasteiger partial charge in [0.25, 0.3) is 0 Å². The van der Waals surface area contributed by atoms with Crippen LogP contribution in [0.3, 0.4) is 0 Å². The minimum absolute atomic E-state index is 0.0329. The van der Waals surface area contributed by atoms with Crippen molar-refractivity contribution in [3.63, 3.8) is 0 Å². The molecule has 20 heavy (non-hydrogen) atoms. The standard InChI is InChI=1S/C12H16ClFN2O3S/c1-20(18,19)8-7-16-12(17)15-6-5-9-10(13)3-2-4-11(9)14/h2-4H,5-8H2,1H3,(H2,15,16,17). The summed E-state index contributed by atoms with van der Waals surface area (Å²) in [4.78, 5) is 11.3. The maximum Gasteiger partial charge on any atom is 0.314 e. The molecule has 0 aliphatic rings. The van der Waals surface area contributed by atoms with E-state index in [4.69, 9.17) is 11.6 Å². The van der Waals surface area contributed by atoms with E-state index in [1.807, 2.05) is 0 Å². The fourth-order valence-corrected chi connectivity index (χ4v) is 2.22. The summed E-state index contributed by atoms with van der Waals surface area (Å²) in [7, 11) is -3.10.